The van der Waals surface area contributed by atoms with Gasteiger partial charge in [0.05, 0.1) is 35.9 Å². The van der Waals surface area contributed by atoms with E-state index in [0.29, 0.717) is 28.6 Å². The highest BCUT2D eigenvalue weighted by molar-refractivity contribution is 8.00. The van der Waals surface area contributed by atoms with Gasteiger partial charge in [0, 0.05) is 19.0 Å². The van der Waals surface area contributed by atoms with Crippen LogP contribution in [0.3, 0.4) is 0 Å². The second-order valence-electron chi connectivity index (χ2n) is 7.88. The van der Waals surface area contributed by atoms with Crippen molar-refractivity contribution < 1.29 is 14.4 Å². The van der Waals surface area contributed by atoms with Gasteiger partial charge in [0.15, 0.2) is 5.16 Å². The molecule has 2 fully saturated rings. The second-order valence-corrected chi connectivity index (χ2v) is 9.19. The van der Waals surface area contributed by atoms with Crippen LogP contribution < -0.4 is 15.8 Å². The first-order chi connectivity index (χ1) is 14.1. The molecular weight excluding hydrogens is 388 g/mol. The maximum Gasteiger partial charge on any atom is 0.262 e. The molecular formula is C21H29N4O3S+. The molecule has 2 aromatic rings. The fourth-order valence-corrected chi connectivity index (χ4v) is 4.53. The summed E-state index contributed by atoms with van der Waals surface area (Å²) in [6, 6.07) is 7.77. The third-order valence-electron chi connectivity index (χ3n) is 5.51. The normalized spacial score (nSPS) is 18.7. The average Bonchev–Trinajstić information content (AvgIpc) is 3.55. The molecule has 0 radical (unpaired) electrons. The molecule has 0 unspecified atom stereocenters. The van der Waals surface area contributed by atoms with Gasteiger partial charge in [-0.25, -0.2) is 4.98 Å². The lowest BCUT2D eigenvalue weighted by Gasteiger charge is -2.24. The van der Waals surface area contributed by atoms with Gasteiger partial charge in [-0.3, -0.25) is 14.2 Å². The van der Waals surface area contributed by atoms with Gasteiger partial charge in [0.1, 0.15) is 13.1 Å². The third-order valence-corrected chi connectivity index (χ3v) is 6.60. The van der Waals surface area contributed by atoms with Crippen molar-refractivity contribution in [3.63, 3.8) is 0 Å². The highest BCUT2D eigenvalue weighted by atomic mass is 32.2. The number of morpholine rings is 1. The maximum atomic E-state index is 13.2. The SMILES string of the molecule is C[C@H](Sc1nc2ccccc2c(=O)n1CCC[NH+]1CCOCC1)C(=O)NC1CC1. The molecule has 0 bridgehead atoms. The number of nitrogens with zero attached hydrogens (tertiary/aromatic N) is 2. The largest absolute Gasteiger partial charge is 0.370 e. The fraction of sp³-hybridized carbons (Fsp3) is 0.571. The van der Waals surface area contributed by atoms with Crippen molar-refractivity contribution in [1.82, 2.24) is 14.9 Å². The Morgan fingerprint density at radius 2 is 2.10 bits per heavy atom. The summed E-state index contributed by atoms with van der Waals surface area (Å²) in [6.07, 6.45) is 3.02. The summed E-state index contributed by atoms with van der Waals surface area (Å²) in [5, 5.41) is 4.01. The van der Waals surface area contributed by atoms with E-state index >= 15 is 0 Å². The quantitative estimate of drug-likeness (QED) is 0.482. The lowest BCUT2D eigenvalue weighted by Crippen LogP contribution is -3.14. The Bertz CT molecular complexity index is 922. The van der Waals surface area contributed by atoms with Gasteiger partial charge in [-0.15, -0.1) is 0 Å². The van der Waals surface area contributed by atoms with Crippen LogP contribution in [-0.2, 0) is 16.1 Å². The van der Waals surface area contributed by atoms with E-state index in [1.807, 2.05) is 31.2 Å². The van der Waals surface area contributed by atoms with Crippen LogP contribution in [0.4, 0.5) is 0 Å². The number of amides is 1. The van der Waals surface area contributed by atoms with Crippen LogP contribution in [0.1, 0.15) is 26.2 Å². The Labute approximate surface area is 174 Å². The van der Waals surface area contributed by atoms with Gasteiger partial charge in [-0.2, -0.15) is 0 Å². The second kappa shape index (κ2) is 9.28. The fourth-order valence-electron chi connectivity index (χ4n) is 3.59. The van der Waals surface area contributed by atoms with Crippen LogP contribution in [0.2, 0.25) is 0 Å². The zero-order valence-electron chi connectivity index (χ0n) is 16.9. The molecule has 0 spiro atoms. The lowest BCUT2D eigenvalue weighted by atomic mass is 10.2. The van der Waals surface area contributed by atoms with Gasteiger partial charge < -0.3 is 15.0 Å². The Morgan fingerprint density at radius 1 is 1.34 bits per heavy atom. The topological polar surface area (TPSA) is 77.7 Å². The van der Waals surface area contributed by atoms with E-state index in [4.69, 9.17) is 9.72 Å². The van der Waals surface area contributed by atoms with Gasteiger partial charge in [0.2, 0.25) is 5.91 Å². The zero-order chi connectivity index (χ0) is 20.2. The van der Waals surface area contributed by atoms with E-state index in [-0.39, 0.29) is 16.7 Å². The molecule has 1 saturated heterocycles. The van der Waals surface area contributed by atoms with Gasteiger partial charge in [0.25, 0.3) is 5.56 Å². The molecule has 2 aliphatic rings. The minimum Gasteiger partial charge on any atom is -0.370 e. The summed E-state index contributed by atoms with van der Waals surface area (Å²) >= 11 is 1.38. The number of carbonyl (C=O) groups is 1. The summed E-state index contributed by atoms with van der Waals surface area (Å²) in [5.74, 6) is 0.0178. The first kappa shape index (κ1) is 20.4. The van der Waals surface area contributed by atoms with Gasteiger partial charge in [-0.1, -0.05) is 23.9 Å². The lowest BCUT2D eigenvalue weighted by molar-refractivity contribution is -0.908. The van der Waals surface area contributed by atoms with Crippen molar-refractivity contribution >= 4 is 28.6 Å². The summed E-state index contributed by atoms with van der Waals surface area (Å²) in [5.41, 5.74) is 0.662. The Hall–Kier alpha value is -1.90. The number of fused-ring (bicyclic) bond motifs is 1. The molecule has 1 aliphatic heterocycles. The molecule has 1 saturated carbocycles. The molecule has 1 amide bonds. The van der Waals surface area contributed by atoms with Crippen molar-refractivity contribution in [2.45, 2.75) is 49.2 Å². The molecule has 1 atom stereocenters. The monoisotopic (exact) mass is 417 g/mol. The maximum absolute atomic E-state index is 13.2. The predicted molar refractivity (Wildman–Crippen MR) is 113 cm³/mol. The molecule has 29 heavy (non-hydrogen) atoms. The van der Waals surface area contributed by atoms with Crippen molar-refractivity contribution in [3.05, 3.63) is 34.6 Å². The van der Waals surface area contributed by atoms with E-state index < -0.39 is 0 Å². The van der Waals surface area contributed by atoms with Crippen molar-refractivity contribution in [3.8, 4) is 0 Å². The number of hydrogen-bond donors (Lipinski definition) is 2. The Kier molecular flexibility index (Phi) is 6.52. The number of thioether (sulfide) groups is 1. The number of carbonyl (C=O) groups excluding carboxylic acids is 1. The highest BCUT2D eigenvalue weighted by Gasteiger charge is 2.27. The van der Waals surface area contributed by atoms with Crippen LogP contribution in [-0.4, -0.2) is 59.6 Å². The van der Waals surface area contributed by atoms with E-state index in [2.05, 4.69) is 5.32 Å². The molecule has 156 valence electrons. The van der Waals surface area contributed by atoms with Crippen molar-refractivity contribution in [1.29, 1.82) is 0 Å². The summed E-state index contributed by atoms with van der Waals surface area (Å²) < 4.78 is 7.18. The van der Waals surface area contributed by atoms with Crippen molar-refractivity contribution in [2.75, 3.05) is 32.8 Å². The number of hydrogen-bond acceptors (Lipinski definition) is 5. The Morgan fingerprint density at radius 3 is 2.86 bits per heavy atom. The predicted octanol–water partition coefficient (Wildman–Crippen LogP) is 0.461. The number of benzene rings is 1. The number of aromatic nitrogens is 2. The summed E-state index contributed by atoms with van der Waals surface area (Å²) in [6.45, 7) is 7.15. The molecule has 2 N–H and O–H groups in total. The summed E-state index contributed by atoms with van der Waals surface area (Å²) in [4.78, 5) is 31.8. The van der Waals surface area contributed by atoms with E-state index in [1.54, 1.807) is 4.57 Å². The molecule has 2 heterocycles. The summed E-state index contributed by atoms with van der Waals surface area (Å²) in [7, 11) is 0. The molecule has 1 aromatic carbocycles. The standard InChI is InChI=1S/C21H28N4O3S/c1-15(19(26)22-16-7-8-16)29-21-23-18-6-3-2-5-17(18)20(27)25(21)10-4-9-24-11-13-28-14-12-24/h2-3,5-6,15-16H,4,7-14H2,1H3,(H,22,26)/p+1/t15-/m0/s1. The van der Waals surface area contributed by atoms with Crippen LogP contribution in [0.5, 0.6) is 0 Å². The minimum atomic E-state index is -0.292. The molecule has 1 aliphatic carbocycles. The first-order valence-corrected chi connectivity index (χ1v) is 11.4. The number of ether oxygens (including phenoxy) is 1. The van der Waals surface area contributed by atoms with Crippen LogP contribution >= 0.6 is 11.8 Å². The number of nitrogens with one attached hydrogen (secondary N) is 2. The van der Waals surface area contributed by atoms with E-state index in [9.17, 15) is 9.59 Å². The van der Waals surface area contributed by atoms with Crippen LogP contribution in [0, 0.1) is 0 Å². The average molecular weight is 418 g/mol. The number of rotatable bonds is 8. The highest BCUT2D eigenvalue weighted by Crippen LogP contribution is 2.25. The van der Waals surface area contributed by atoms with Crippen LogP contribution in [0.25, 0.3) is 10.9 Å². The molecule has 8 heteroatoms. The molecule has 1 aromatic heterocycles. The Balaban J connectivity index is 1.52. The number of para-hydroxylation sites is 1. The first-order valence-electron chi connectivity index (χ1n) is 10.5. The van der Waals surface area contributed by atoms with E-state index in [1.165, 1.54) is 16.7 Å². The van der Waals surface area contributed by atoms with Crippen LogP contribution in [0.15, 0.2) is 34.2 Å². The van der Waals surface area contributed by atoms with Gasteiger partial charge in [-0.05, 0) is 31.9 Å². The van der Waals surface area contributed by atoms with Gasteiger partial charge >= 0.3 is 0 Å². The third kappa shape index (κ3) is 5.18. The zero-order valence-corrected chi connectivity index (χ0v) is 17.7. The minimum absolute atomic E-state index is 0.0178. The smallest absolute Gasteiger partial charge is 0.262 e. The molecule has 7 nitrogen and oxygen atoms in total. The van der Waals surface area contributed by atoms with Crippen molar-refractivity contribution in [2.24, 2.45) is 0 Å². The molecule has 4 rings (SSSR count). The number of quaternary nitrogens is 1. The van der Waals surface area contributed by atoms with E-state index in [0.717, 1.165) is 52.1 Å².